The van der Waals surface area contributed by atoms with Crippen LogP contribution in [0.2, 0.25) is 0 Å². The van der Waals surface area contributed by atoms with Gasteiger partial charge in [0.25, 0.3) is 5.91 Å². The Balaban J connectivity index is 1.86. The Morgan fingerprint density at radius 2 is 2.04 bits per heavy atom. The lowest BCUT2D eigenvalue weighted by atomic mass is 10.0. The van der Waals surface area contributed by atoms with Crippen LogP contribution in [0.4, 0.5) is 0 Å². The highest BCUT2D eigenvalue weighted by atomic mass is 32.2. The van der Waals surface area contributed by atoms with E-state index in [-0.39, 0.29) is 10.7 Å². The Hall–Kier alpha value is -2.38. The second-order valence-electron chi connectivity index (χ2n) is 5.52. The molecule has 5 nitrogen and oxygen atoms in total. The molecule has 25 heavy (non-hydrogen) atoms. The summed E-state index contributed by atoms with van der Waals surface area (Å²) in [4.78, 5) is 25.8. The normalized spacial score (nSPS) is 17.3. The molecule has 0 N–H and O–H groups in total. The first-order valence-electron chi connectivity index (χ1n) is 7.54. The molecule has 0 unspecified atom stereocenters. The summed E-state index contributed by atoms with van der Waals surface area (Å²) in [5, 5.41) is 11.6. The monoisotopic (exact) mass is 372 g/mol. The zero-order chi connectivity index (χ0) is 18.0. The second kappa shape index (κ2) is 7.25. The average molecular weight is 372 g/mol. The molecule has 1 aromatic carbocycles. The summed E-state index contributed by atoms with van der Waals surface area (Å²) in [6, 6.07) is 11.4. The SMILES string of the molecule is Cc1ccc(/C=C2/SC(=S)N([C@@H](Cc3ccccc3)C(=O)[O-])C2=O)o1. The van der Waals surface area contributed by atoms with Crippen LogP contribution < -0.4 is 5.11 Å². The molecule has 0 bridgehead atoms. The lowest BCUT2D eigenvalue weighted by Gasteiger charge is -2.27. The van der Waals surface area contributed by atoms with Crippen molar-refractivity contribution in [1.29, 1.82) is 0 Å². The first-order chi connectivity index (χ1) is 12.0. The number of carbonyl (C=O) groups excluding carboxylic acids is 2. The number of carboxylic acid groups (broad SMARTS) is 1. The number of nitrogens with zero attached hydrogens (tertiary/aromatic N) is 1. The molecule has 7 heteroatoms. The largest absolute Gasteiger partial charge is 0.548 e. The molecule has 2 heterocycles. The van der Waals surface area contributed by atoms with Crippen molar-refractivity contribution >= 4 is 46.3 Å². The summed E-state index contributed by atoms with van der Waals surface area (Å²) in [7, 11) is 0. The van der Waals surface area contributed by atoms with E-state index in [9.17, 15) is 14.7 Å². The Morgan fingerprint density at radius 1 is 1.32 bits per heavy atom. The van der Waals surface area contributed by atoms with Gasteiger partial charge in [0.1, 0.15) is 15.8 Å². The van der Waals surface area contributed by atoms with Gasteiger partial charge >= 0.3 is 0 Å². The van der Waals surface area contributed by atoms with E-state index < -0.39 is 17.9 Å². The van der Waals surface area contributed by atoms with Crippen molar-refractivity contribution in [3.05, 3.63) is 64.5 Å². The van der Waals surface area contributed by atoms with E-state index in [1.165, 1.54) is 0 Å². The van der Waals surface area contributed by atoms with Crippen LogP contribution in [0, 0.1) is 6.92 Å². The van der Waals surface area contributed by atoms with Crippen molar-refractivity contribution in [1.82, 2.24) is 4.90 Å². The fourth-order valence-electron chi connectivity index (χ4n) is 2.53. The molecule has 0 spiro atoms. The fraction of sp³-hybridized carbons (Fsp3) is 0.167. The summed E-state index contributed by atoms with van der Waals surface area (Å²) < 4.78 is 5.63. The Kier molecular flexibility index (Phi) is 5.06. The number of carbonyl (C=O) groups is 2. The van der Waals surface area contributed by atoms with Crippen LogP contribution in [0.15, 0.2) is 51.8 Å². The number of amides is 1. The average Bonchev–Trinajstić information content (AvgIpc) is 3.10. The zero-order valence-electron chi connectivity index (χ0n) is 13.3. The van der Waals surface area contributed by atoms with Gasteiger partial charge in [0.05, 0.1) is 16.9 Å². The maximum absolute atomic E-state index is 12.7. The number of furan rings is 1. The van der Waals surface area contributed by atoms with Crippen molar-refractivity contribution in [3.8, 4) is 0 Å². The summed E-state index contributed by atoms with van der Waals surface area (Å²) in [5.41, 5.74) is 0.788. The third-order valence-corrected chi connectivity index (χ3v) is 5.04. The molecule has 0 saturated carbocycles. The van der Waals surface area contributed by atoms with E-state index >= 15 is 0 Å². The van der Waals surface area contributed by atoms with Gasteiger partial charge < -0.3 is 14.3 Å². The second-order valence-corrected chi connectivity index (χ2v) is 7.20. The van der Waals surface area contributed by atoms with Crippen LogP contribution in [0.1, 0.15) is 17.1 Å². The van der Waals surface area contributed by atoms with E-state index in [0.29, 0.717) is 10.7 Å². The molecular weight excluding hydrogens is 358 g/mol. The van der Waals surface area contributed by atoms with Crippen molar-refractivity contribution < 1.29 is 19.1 Å². The molecule has 2 aromatic rings. The molecule has 1 aromatic heterocycles. The Bertz CT molecular complexity index is 857. The van der Waals surface area contributed by atoms with Crippen LogP contribution in [0.3, 0.4) is 0 Å². The van der Waals surface area contributed by atoms with E-state index in [2.05, 4.69) is 0 Å². The topological polar surface area (TPSA) is 73.6 Å². The van der Waals surface area contributed by atoms with Crippen LogP contribution >= 0.6 is 24.0 Å². The van der Waals surface area contributed by atoms with Gasteiger partial charge in [-0.1, -0.05) is 54.3 Å². The number of thioether (sulfide) groups is 1. The van der Waals surface area contributed by atoms with Gasteiger partial charge in [-0.2, -0.15) is 0 Å². The van der Waals surface area contributed by atoms with Crippen molar-refractivity contribution in [3.63, 3.8) is 0 Å². The van der Waals surface area contributed by atoms with Crippen LogP contribution in [0.5, 0.6) is 0 Å². The molecule has 1 saturated heterocycles. The molecule has 0 aliphatic carbocycles. The minimum absolute atomic E-state index is 0.128. The molecule has 3 rings (SSSR count). The molecule has 1 aliphatic rings. The number of thiocarbonyl (C=S) groups is 1. The van der Waals surface area contributed by atoms with Crippen molar-refractivity contribution in [2.24, 2.45) is 0 Å². The maximum atomic E-state index is 12.7. The van der Waals surface area contributed by atoms with Gasteiger partial charge in [0.15, 0.2) is 0 Å². The Morgan fingerprint density at radius 3 is 2.64 bits per heavy atom. The van der Waals surface area contributed by atoms with E-state index in [1.54, 1.807) is 37.3 Å². The number of benzene rings is 1. The standard InChI is InChI=1S/C18H15NO4S2/c1-11-7-8-13(23-11)10-15-16(20)19(18(24)25-15)14(17(21)22)9-12-5-3-2-4-6-12/h2-8,10,14H,9H2,1H3,(H,21,22)/p-1/b15-10+/t14-/m0/s1. The van der Waals surface area contributed by atoms with Crippen LogP contribution in [-0.2, 0) is 16.0 Å². The van der Waals surface area contributed by atoms with Gasteiger partial charge in [-0.3, -0.25) is 9.69 Å². The van der Waals surface area contributed by atoms with Gasteiger partial charge in [0.2, 0.25) is 0 Å². The number of hydrogen-bond acceptors (Lipinski definition) is 6. The van der Waals surface area contributed by atoms with E-state index in [1.807, 2.05) is 18.2 Å². The number of hydrogen-bond donors (Lipinski definition) is 0. The van der Waals surface area contributed by atoms with E-state index in [4.69, 9.17) is 16.6 Å². The predicted molar refractivity (Wildman–Crippen MR) is 97.4 cm³/mol. The summed E-state index contributed by atoms with van der Waals surface area (Å²) >= 11 is 6.29. The molecule has 1 aliphatic heterocycles. The maximum Gasteiger partial charge on any atom is 0.266 e. The predicted octanol–water partition coefficient (Wildman–Crippen LogP) is 2.15. The van der Waals surface area contributed by atoms with Gasteiger partial charge in [-0.25, -0.2) is 0 Å². The first-order valence-corrected chi connectivity index (χ1v) is 8.76. The zero-order valence-corrected chi connectivity index (χ0v) is 14.9. The van der Waals surface area contributed by atoms with E-state index in [0.717, 1.165) is 28.0 Å². The molecule has 128 valence electrons. The molecule has 1 atom stereocenters. The lowest BCUT2D eigenvalue weighted by molar-refractivity contribution is -0.310. The highest BCUT2D eigenvalue weighted by Gasteiger charge is 2.38. The summed E-state index contributed by atoms with van der Waals surface area (Å²) in [6.07, 6.45) is 1.70. The minimum Gasteiger partial charge on any atom is -0.548 e. The fourth-order valence-corrected chi connectivity index (χ4v) is 3.86. The number of carboxylic acids is 1. The van der Waals surface area contributed by atoms with Gasteiger partial charge in [-0.15, -0.1) is 0 Å². The van der Waals surface area contributed by atoms with Crippen molar-refractivity contribution in [2.75, 3.05) is 0 Å². The summed E-state index contributed by atoms with van der Waals surface area (Å²) in [5.74, 6) is -0.547. The number of aryl methyl sites for hydroxylation is 1. The highest BCUT2D eigenvalue weighted by molar-refractivity contribution is 8.26. The van der Waals surface area contributed by atoms with Crippen LogP contribution in [-0.4, -0.2) is 27.1 Å². The molecule has 1 amide bonds. The van der Waals surface area contributed by atoms with Gasteiger partial charge in [-0.05, 0) is 31.0 Å². The third-order valence-electron chi connectivity index (χ3n) is 3.71. The first kappa shape index (κ1) is 17.4. The van der Waals surface area contributed by atoms with Crippen LogP contribution in [0.25, 0.3) is 6.08 Å². The number of rotatable bonds is 5. The molecular formula is C18H14NO4S2-. The van der Waals surface area contributed by atoms with Gasteiger partial charge in [0, 0.05) is 6.08 Å². The molecule has 1 fully saturated rings. The van der Waals surface area contributed by atoms with Crippen molar-refractivity contribution in [2.45, 2.75) is 19.4 Å². The lowest BCUT2D eigenvalue weighted by Crippen LogP contribution is -2.51. The Labute approximate surface area is 154 Å². The molecule has 0 radical (unpaired) electrons. The minimum atomic E-state index is -1.34. The number of aliphatic carboxylic acids is 1. The third kappa shape index (κ3) is 3.83. The smallest absolute Gasteiger partial charge is 0.266 e. The quantitative estimate of drug-likeness (QED) is 0.591. The summed E-state index contributed by atoms with van der Waals surface area (Å²) in [6.45, 7) is 1.80. The highest BCUT2D eigenvalue weighted by Crippen LogP contribution is 2.34.